The van der Waals surface area contributed by atoms with E-state index in [0.29, 0.717) is 30.8 Å². The number of carboxylic acids is 1. The Morgan fingerprint density at radius 1 is 1.19 bits per heavy atom. The molecule has 0 unspecified atom stereocenters. The van der Waals surface area contributed by atoms with Crippen LogP contribution < -0.4 is 5.32 Å². The lowest BCUT2D eigenvalue weighted by atomic mass is 9.79. The quantitative estimate of drug-likeness (QED) is 0.774. The lowest BCUT2D eigenvalue weighted by Gasteiger charge is -2.25. The third-order valence-electron chi connectivity index (χ3n) is 3.96. The van der Waals surface area contributed by atoms with Gasteiger partial charge in [0, 0.05) is 18.0 Å². The van der Waals surface area contributed by atoms with Gasteiger partial charge in [-0.2, -0.15) is 0 Å². The molecule has 2 N–H and O–H groups in total. The third-order valence-corrected chi connectivity index (χ3v) is 4.21. The summed E-state index contributed by atoms with van der Waals surface area (Å²) in [6, 6.07) is 7.44. The van der Waals surface area contributed by atoms with Gasteiger partial charge in [0.1, 0.15) is 0 Å². The molecule has 4 nitrogen and oxygen atoms in total. The highest BCUT2D eigenvalue weighted by Gasteiger charge is 2.36. The van der Waals surface area contributed by atoms with Gasteiger partial charge in [-0.25, -0.2) is 0 Å². The maximum Gasteiger partial charge on any atom is 0.310 e. The summed E-state index contributed by atoms with van der Waals surface area (Å²) in [5.74, 6) is -1.12. The number of hydrogen-bond donors (Lipinski definition) is 2. The van der Waals surface area contributed by atoms with Crippen LogP contribution in [0.15, 0.2) is 24.3 Å². The summed E-state index contributed by atoms with van der Waals surface area (Å²) in [7, 11) is 0. The number of carbonyl (C=O) groups is 2. The standard InChI is InChI=1S/C16H22ClNO3/c1-3-16(4-2,15(20)21)11-14(19)18-10-9-12-5-7-13(17)8-6-12/h5-8H,3-4,9-11H2,1-2H3,(H,18,19)(H,20,21). The molecule has 0 bridgehead atoms. The second-order valence-corrected chi connectivity index (χ2v) is 5.63. The summed E-state index contributed by atoms with van der Waals surface area (Å²) < 4.78 is 0. The maximum absolute atomic E-state index is 11.9. The van der Waals surface area contributed by atoms with Crippen molar-refractivity contribution in [2.45, 2.75) is 39.5 Å². The Labute approximate surface area is 130 Å². The van der Waals surface area contributed by atoms with Gasteiger partial charge in [0.2, 0.25) is 5.91 Å². The number of halogens is 1. The van der Waals surface area contributed by atoms with E-state index in [9.17, 15) is 14.7 Å². The van der Waals surface area contributed by atoms with Gasteiger partial charge < -0.3 is 10.4 Å². The molecule has 0 radical (unpaired) electrons. The Balaban J connectivity index is 2.46. The first-order valence-electron chi connectivity index (χ1n) is 7.18. The summed E-state index contributed by atoms with van der Waals surface area (Å²) >= 11 is 5.81. The molecule has 0 aliphatic carbocycles. The molecule has 0 fully saturated rings. The average molecular weight is 312 g/mol. The van der Waals surface area contributed by atoms with Gasteiger partial charge in [-0.1, -0.05) is 37.6 Å². The van der Waals surface area contributed by atoms with Crippen LogP contribution in [0.3, 0.4) is 0 Å². The van der Waals surface area contributed by atoms with Gasteiger partial charge in [0.15, 0.2) is 0 Å². The average Bonchev–Trinajstić information content (AvgIpc) is 2.46. The lowest BCUT2D eigenvalue weighted by Crippen LogP contribution is -2.37. The van der Waals surface area contributed by atoms with Crippen LogP contribution in [-0.4, -0.2) is 23.5 Å². The molecule has 0 heterocycles. The van der Waals surface area contributed by atoms with Crippen LogP contribution >= 0.6 is 11.6 Å². The molecule has 0 aliphatic rings. The SMILES string of the molecule is CCC(CC)(CC(=O)NCCc1ccc(Cl)cc1)C(=O)O. The van der Waals surface area contributed by atoms with E-state index >= 15 is 0 Å². The second-order valence-electron chi connectivity index (χ2n) is 5.20. The van der Waals surface area contributed by atoms with E-state index in [2.05, 4.69) is 5.32 Å². The zero-order valence-corrected chi connectivity index (χ0v) is 13.2. The predicted octanol–water partition coefficient (Wildman–Crippen LogP) is 3.28. The molecule has 5 heteroatoms. The number of amides is 1. The van der Waals surface area contributed by atoms with Crippen LogP contribution in [-0.2, 0) is 16.0 Å². The van der Waals surface area contributed by atoms with Crippen LogP contribution in [0, 0.1) is 5.41 Å². The third kappa shape index (κ3) is 5.05. The summed E-state index contributed by atoms with van der Waals surface area (Å²) in [5.41, 5.74) is 0.125. The minimum Gasteiger partial charge on any atom is -0.481 e. The number of carboxylic acid groups (broad SMARTS) is 1. The molecule has 0 spiro atoms. The van der Waals surface area contributed by atoms with Gasteiger partial charge in [-0.3, -0.25) is 9.59 Å². The minimum absolute atomic E-state index is 0.0238. The van der Waals surface area contributed by atoms with Crippen molar-refractivity contribution >= 4 is 23.5 Å². The van der Waals surface area contributed by atoms with Crippen LogP contribution in [0.2, 0.25) is 5.02 Å². The first-order valence-corrected chi connectivity index (χ1v) is 7.56. The smallest absolute Gasteiger partial charge is 0.310 e. The van der Waals surface area contributed by atoms with Crippen molar-refractivity contribution in [1.82, 2.24) is 5.32 Å². The van der Waals surface area contributed by atoms with E-state index in [1.54, 1.807) is 13.8 Å². The Bertz CT molecular complexity index is 481. The highest BCUT2D eigenvalue weighted by Crippen LogP contribution is 2.30. The van der Waals surface area contributed by atoms with Crippen molar-refractivity contribution in [2.24, 2.45) is 5.41 Å². The maximum atomic E-state index is 11.9. The summed E-state index contributed by atoms with van der Waals surface area (Å²) in [6.45, 7) is 4.10. The Kier molecular flexibility index (Phi) is 6.69. The van der Waals surface area contributed by atoms with Gasteiger partial charge in [-0.15, -0.1) is 0 Å². The first-order chi connectivity index (χ1) is 9.93. The number of aliphatic carboxylic acids is 1. The topological polar surface area (TPSA) is 66.4 Å². The molecule has 1 amide bonds. The number of nitrogens with one attached hydrogen (secondary N) is 1. The highest BCUT2D eigenvalue weighted by molar-refractivity contribution is 6.30. The van der Waals surface area contributed by atoms with Crippen molar-refractivity contribution < 1.29 is 14.7 Å². The molecule has 1 rings (SSSR count). The van der Waals surface area contributed by atoms with Crippen LogP contribution in [0.25, 0.3) is 0 Å². The Hall–Kier alpha value is -1.55. The summed E-state index contributed by atoms with van der Waals surface area (Å²) in [6.07, 6.45) is 1.62. The Morgan fingerprint density at radius 2 is 1.76 bits per heavy atom. The number of rotatable bonds is 8. The lowest BCUT2D eigenvalue weighted by molar-refractivity contribution is -0.152. The molecule has 0 saturated heterocycles. The minimum atomic E-state index is -0.954. The molecule has 1 aromatic carbocycles. The van der Waals surface area contributed by atoms with Crippen molar-refractivity contribution in [2.75, 3.05) is 6.54 Å². The summed E-state index contributed by atoms with van der Waals surface area (Å²) in [5, 5.41) is 12.8. The van der Waals surface area contributed by atoms with Crippen LogP contribution in [0.5, 0.6) is 0 Å². The molecule has 0 aromatic heterocycles. The van der Waals surface area contributed by atoms with Crippen LogP contribution in [0.1, 0.15) is 38.7 Å². The first kappa shape index (κ1) is 17.5. The van der Waals surface area contributed by atoms with Crippen LogP contribution in [0.4, 0.5) is 0 Å². The fraction of sp³-hybridized carbons (Fsp3) is 0.500. The predicted molar refractivity (Wildman–Crippen MR) is 83.4 cm³/mol. The van der Waals surface area contributed by atoms with Crippen molar-refractivity contribution in [1.29, 1.82) is 0 Å². The molecule has 0 saturated carbocycles. The molecular formula is C16H22ClNO3. The molecule has 1 aromatic rings. The largest absolute Gasteiger partial charge is 0.481 e. The number of carbonyl (C=O) groups excluding carboxylic acids is 1. The summed E-state index contributed by atoms with van der Waals surface area (Å²) in [4.78, 5) is 23.3. The normalized spacial score (nSPS) is 11.2. The molecule has 0 atom stereocenters. The van der Waals surface area contributed by atoms with E-state index in [1.165, 1.54) is 0 Å². The van der Waals surface area contributed by atoms with Crippen molar-refractivity contribution in [3.8, 4) is 0 Å². The van der Waals surface area contributed by atoms with Crippen molar-refractivity contribution in [3.05, 3.63) is 34.9 Å². The van der Waals surface area contributed by atoms with E-state index in [4.69, 9.17) is 11.6 Å². The molecule has 116 valence electrons. The second kappa shape index (κ2) is 8.03. The van der Waals surface area contributed by atoms with E-state index < -0.39 is 11.4 Å². The van der Waals surface area contributed by atoms with E-state index in [0.717, 1.165) is 5.56 Å². The molecule has 0 aliphatic heterocycles. The monoisotopic (exact) mass is 311 g/mol. The van der Waals surface area contributed by atoms with Gasteiger partial charge in [0.25, 0.3) is 0 Å². The fourth-order valence-corrected chi connectivity index (χ4v) is 2.37. The zero-order chi connectivity index (χ0) is 15.9. The highest BCUT2D eigenvalue weighted by atomic mass is 35.5. The molecular weight excluding hydrogens is 290 g/mol. The van der Waals surface area contributed by atoms with Gasteiger partial charge in [-0.05, 0) is 37.0 Å². The van der Waals surface area contributed by atoms with Gasteiger partial charge in [0.05, 0.1) is 5.41 Å². The van der Waals surface area contributed by atoms with Crippen molar-refractivity contribution in [3.63, 3.8) is 0 Å². The Morgan fingerprint density at radius 3 is 2.24 bits per heavy atom. The number of benzene rings is 1. The van der Waals surface area contributed by atoms with E-state index in [1.807, 2.05) is 24.3 Å². The van der Waals surface area contributed by atoms with E-state index in [-0.39, 0.29) is 12.3 Å². The molecule has 21 heavy (non-hydrogen) atoms. The number of hydrogen-bond acceptors (Lipinski definition) is 2. The van der Waals surface area contributed by atoms with Gasteiger partial charge >= 0.3 is 5.97 Å². The zero-order valence-electron chi connectivity index (χ0n) is 12.5. The fourth-order valence-electron chi connectivity index (χ4n) is 2.25.